The molecule has 71 heavy (non-hydrogen) atoms. The Hall–Kier alpha value is -4.91. The molecule has 0 aliphatic rings. The standard InChI is InChI=1S/C67H90N2Si2/c1-21-70(22-2)56-34-46(7)32-52(43-56)68(54-39-48(64(9,10)11)37-49(40-54)65(12,13)14)63-59-29-27-26-28-58(59)62(60-31-30-45(6)36-61(60)63)69(53-33-47(8)35-57(44-53)71(23-3,24-4)25-5)55-41-50(66(15,16)17)38-51(42-55)67(18,19)20/h26-44,70H,21-25H2,1-20H3. The molecule has 0 aromatic heterocycles. The molecule has 0 unspecified atom stereocenters. The van der Waals surface area contributed by atoms with Gasteiger partial charge in [-0.05, 0) is 130 Å². The fourth-order valence-electron chi connectivity index (χ4n) is 11.2. The summed E-state index contributed by atoms with van der Waals surface area (Å²) in [6, 6.07) is 53.0. The van der Waals surface area contributed by atoms with Gasteiger partial charge in [-0.25, -0.2) is 0 Å². The van der Waals surface area contributed by atoms with Gasteiger partial charge in [0, 0.05) is 44.3 Å². The van der Waals surface area contributed by atoms with Crippen LogP contribution in [0.25, 0.3) is 21.5 Å². The Kier molecular flexibility index (Phi) is 15.3. The summed E-state index contributed by atoms with van der Waals surface area (Å²) < 4.78 is 0. The van der Waals surface area contributed by atoms with Crippen LogP contribution in [0.1, 0.15) is 157 Å². The summed E-state index contributed by atoms with van der Waals surface area (Å²) in [6.45, 7) is 47.5. The van der Waals surface area contributed by atoms with E-state index in [-0.39, 0.29) is 21.7 Å². The van der Waals surface area contributed by atoms with Crippen LogP contribution in [-0.4, -0.2) is 16.9 Å². The number of hydrogen-bond donors (Lipinski definition) is 0. The van der Waals surface area contributed by atoms with Crippen molar-refractivity contribution in [2.24, 2.45) is 0 Å². The van der Waals surface area contributed by atoms with E-state index in [1.54, 1.807) is 10.4 Å². The smallest absolute Gasteiger partial charge is 0.0860 e. The van der Waals surface area contributed by atoms with Crippen LogP contribution >= 0.6 is 0 Å². The predicted molar refractivity (Wildman–Crippen MR) is 324 cm³/mol. The van der Waals surface area contributed by atoms with Gasteiger partial charge in [-0.15, -0.1) is 0 Å². The van der Waals surface area contributed by atoms with Crippen LogP contribution in [0.15, 0.2) is 115 Å². The first-order valence-corrected chi connectivity index (χ1v) is 32.1. The average molecular weight is 980 g/mol. The maximum atomic E-state index is 2.69. The second-order valence-corrected chi connectivity index (χ2v) is 34.5. The molecular weight excluding hydrogens is 889 g/mol. The Labute approximate surface area is 434 Å². The highest BCUT2D eigenvalue weighted by molar-refractivity contribution is 6.91. The maximum absolute atomic E-state index is 2.69. The summed E-state index contributed by atoms with van der Waals surface area (Å²) in [5.74, 6) is 0. The lowest BCUT2D eigenvalue weighted by molar-refractivity contribution is 0.568. The molecule has 0 fully saturated rings. The molecule has 0 saturated heterocycles. The topological polar surface area (TPSA) is 6.48 Å². The van der Waals surface area contributed by atoms with Crippen LogP contribution in [0.4, 0.5) is 34.1 Å². The first-order chi connectivity index (χ1) is 33.2. The third-order valence-corrected chi connectivity index (χ3v) is 25.0. The number of anilines is 6. The Morgan fingerprint density at radius 3 is 1.17 bits per heavy atom. The summed E-state index contributed by atoms with van der Waals surface area (Å²) in [6.07, 6.45) is 0. The van der Waals surface area contributed by atoms with E-state index in [9.17, 15) is 0 Å². The number of nitrogens with zero attached hydrogens (tertiary/aromatic N) is 2. The molecule has 7 aromatic rings. The Morgan fingerprint density at radius 1 is 0.380 bits per heavy atom. The van der Waals surface area contributed by atoms with Crippen molar-refractivity contribution in [1.29, 1.82) is 0 Å². The lowest BCUT2D eigenvalue weighted by Gasteiger charge is -2.36. The van der Waals surface area contributed by atoms with Crippen molar-refractivity contribution in [2.45, 2.75) is 190 Å². The minimum Gasteiger partial charge on any atom is -0.309 e. The quantitative estimate of drug-likeness (QED) is 0.0645. The van der Waals surface area contributed by atoms with E-state index in [0.717, 1.165) is 0 Å². The highest BCUT2D eigenvalue weighted by Crippen LogP contribution is 2.53. The van der Waals surface area contributed by atoms with Crippen molar-refractivity contribution in [3.05, 3.63) is 154 Å². The number of benzene rings is 7. The molecule has 376 valence electrons. The summed E-state index contributed by atoms with van der Waals surface area (Å²) in [5, 5.41) is 8.15. The van der Waals surface area contributed by atoms with Crippen molar-refractivity contribution in [3.63, 3.8) is 0 Å². The van der Waals surface area contributed by atoms with Gasteiger partial charge in [0.25, 0.3) is 0 Å². The molecule has 0 heterocycles. The van der Waals surface area contributed by atoms with Crippen LogP contribution in [0.3, 0.4) is 0 Å². The lowest BCUT2D eigenvalue weighted by atomic mass is 9.80. The number of hydrogen-bond acceptors (Lipinski definition) is 2. The molecule has 4 heteroatoms. The highest BCUT2D eigenvalue weighted by atomic mass is 28.3. The molecule has 7 rings (SSSR count). The zero-order chi connectivity index (χ0) is 52.2. The number of aryl methyl sites for hydroxylation is 3. The Bertz CT molecular complexity index is 2970. The molecule has 0 bridgehead atoms. The molecule has 0 aliphatic carbocycles. The summed E-state index contributed by atoms with van der Waals surface area (Å²) in [5.41, 5.74) is 16.5. The van der Waals surface area contributed by atoms with Crippen molar-refractivity contribution in [1.82, 2.24) is 0 Å². The van der Waals surface area contributed by atoms with Gasteiger partial charge in [-0.3, -0.25) is 0 Å². The summed E-state index contributed by atoms with van der Waals surface area (Å²) >= 11 is 0. The monoisotopic (exact) mass is 979 g/mol. The van der Waals surface area contributed by atoms with Gasteiger partial charge < -0.3 is 9.80 Å². The first-order valence-electron chi connectivity index (χ1n) is 27.3. The molecule has 0 aliphatic heterocycles. The Morgan fingerprint density at radius 2 is 0.761 bits per heavy atom. The van der Waals surface area contributed by atoms with Gasteiger partial charge in [0.15, 0.2) is 0 Å². The molecule has 0 radical (unpaired) electrons. The van der Waals surface area contributed by atoms with Gasteiger partial charge in [0.05, 0.1) is 28.2 Å². The second-order valence-electron chi connectivity index (χ2n) is 25.5. The Balaban J connectivity index is 1.74. The van der Waals surface area contributed by atoms with Gasteiger partial charge in [-0.1, -0.05) is 225 Å². The fourth-order valence-corrected chi connectivity index (χ4v) is 17.4. The predicted octanol–water partition coefficient (Wildman–Crippen LogP) is 19.2. The lowest BCUT2D eigenvalue weighted by Crippen LogP contribution is -2.46. The van der Waals surface area contributed by atoms with Gasteiger partial charge >= 0.3 is 0 Å². The minimum atomic E-state index is -1.79. The minimum absolute atomic E-state index is 0.0547. The van der Waals surface area contributed by atoms with Crippen LogP contribution in [-0.2, 0) is 21.7 Å². The van der Waals surface area contributed by atoms with Crippen molar-refractivity contribution < 1.29 is 0 Å². The van der Waals surface area contributed by atoms with Crippen LogP contribution in [0.2, 0.25) is 30.2 Å². The molecule has 7 aromatic carbocycles. The van der Waals surface area contributed by atoms with E-state index in [4.69, 9.17) is 0 Å². The summed E-state index contributed by atoms with van der Waals surface area (Å²) in [7, 11) is -2.99. The molecule has 0 spiro atoms. The van der Waals surface area contributed by atoms with Crippen molar-refractivity contribution in [2.75, 3.05) is 9.80 Å². The third kappa shape index (κ3) is 10.9. The fraction of sp³-hybridized carbons (Fsp3) is 0.433. The number of fused-ring (bicyclic) bond motifs is 2. The van der Waals surface area contributed by atoms with E-state index in [2.05, 4.69) is 264 Å². The van der Waals surface area contributed by atoms with E-state index in [1.807, 2.05) is 0 Å². The molecule has 2 nitrogen and oxygen atoms in total. The normalized spacial score (nSPS) is 12.9. The second kappa shape index (κ2) is 20.2. The maximum Gasteiger partial charge on any atom is 0.0860 e. The molecule has 0 amide bonds. The van der Waals surface area contributed by atoms with Crippen molar-refractivity contribution >= 4 is 82.9 Å². The van der Waals surface area contributed by atoms with Gasteiger partial charge in [0.2, 0.25) is 0 Å². The van der Waals surface area contributed by atoms with Crippen molar-refractivity contribution in [3.8, 4) is 0 Å². The summed E-state index contributed by atoms with van der Waals surface area (Å²) in [4.78, 5) is 5.37. The molecule has 0 saturated carbocycles. The SMILES string of the molecule is CC[SiH](CC)c1cc(C)cc(N(c2cc(C(C)(C)C)cc(C(C)(C)C)c2)c2c3ccccc3c(N(c3cc(C(C)(C)C)cc(C(C)(C)C)c3)c3cc(C)cc([Si](CC)(CC)CC)c3)c3ccc(C)cc23)c1. The van der Waals surface area contributed by atoms with E-state index in [0.29, 0.717) is 0 Å². The van der Waals surface area contributed by atoms with E-state index >= 15 is 0 Å². The molecular formula is C67H90N2Si2. The highest BCUT2D eigenvalue weighted by Gasteiger charge is 2.33. The van der Waals surface area contributed by atoms with Gasteiger partial charge in [-0.2, -0.15) is 0 Å². The van der Waals surface area contributed by atoms with Crippen LogP contribution in [0.5, 0.6) is 0 Å². The average Bonchev–Trinajstić information content (AvgIpc) is 3.29. The van der Waals surface area contributed by atoms with Crippen LogP contribution < -0.4 is 20.2 Å². The zero-order valence-corrected chi connectivity index (χ0v) is 50.1. The van der Waals surface area contributed by atoms with E-state index < -0.39 is 16.9 Å². The molecule has 0 N–H and O–H groups in total. The van der Waals surface area contributed by atoms with Crippen LogP contribution in [0, 0.1) is 20.8 Å². The van der Waals surface area contributed by atoms with E-state index in [1.165, 1.54) is 125 Å². The largest absolute Gasteiger partial charge is 0.309 e. The zero-order valence-electron chi connectivity index (χ0n) is 48.0. The number of rotatable bonds is 13. The third-order valence-electron chi connectivity index (χ3n) is 16.1. The molecule has 0 atom stereocenters. The first kappa shape index (κ1) is 53.9. The van der Waals surface area contributed by atoms with Gasteiger partial charge in [0.1, 0.15) is 0 Å².